The van der Waals surface area contributed by atoms with E-state index in [2.05, 4.69) is 52.3 Å². The van der Waals surface area contributed by atoms with E-state index in [0.29, 0.717) is 0 Å². The van der Waals surface area contributed by atoms with Gasteiger partial charge in [0.15, 0.2) is 0 Å². The lowest BCUT2D eigenvalue weighted by Gasteiger charge is -2.36. The number of rotatable bonds is 4. The lowest BCUT2D eigenvalue weighted by molar-refractivity contribution is 0.246. The number of benzene rings is 2. The van der Waals surface area contributed by atoms with Crippen LogP contribution in [-0.2, 0) is 0 Å². The highest BCUT2D eigenvalue weighted by atomic mass is 79.9. The Labute approximate surface area is 160 Å². The summed E-state index contributed by atoms with van der Waals surface area (Å²) in [6.07, 6.45) is 1.36. The number of hydrogen-bond acceptors (Lipinski definition) is 2. The fraction of sp³-hybridized carbons (Fsp3) is 0.400. The zero-order valence-electron chi connectivity index (χ0n) is 13.8. The summed E-state index contributed by atoms with van der Waals surface area (Å²) in [5, 5.41) is 0.868. The summed E-state index contributed by atoms with van der Waals surface area (Å²) in [5.41, 5.74) is 2.70. The summed E-state index contributed by atoms with van der Waals surface area (Å²) in [4.78, 5) is 5.04. The molecule has 4 heteroatoms. The first kappa shape index (κ1) is 17.8. The highest BCUT2D eigenvalue weighted by Crippen LogP contribution is 2.47. The molecule has 0 N–H and O–H groups in total. The Bertz CT molecular complexity index is 656. The molecule has 1 aliphatic carbocycles. The molecule has 1 aliphatic heterocycles. The van der Waals surface area contributed by atoms with Gasteiger partial charge in [-0.25, -0.2) is 0 Å². The molecular formula is C20H24BrClN2. The van der Waals surface area contributed by atoms with Crippen LogP contribution in [-0.4, -0.2) is 37.6 Å². The maximum atomic E-state index is 6.32. The summed E-state index contributed by atoms with van der Waals surface area (Å²) in [7, 11) is 0. The van der Waals surface area contributed by atoms with E-state index in [1.807, 2.05) is 12.1 Å². The number of anilines is 1. The third kappa shape index (κ3) is 3.96. The predicted octanol–water partition coefficient (Wildman–Crippen LogP) is 4.84. The lowest BCUT2D eigenvalue weighted by Crippen LogP contribution is -2.47. The topological polar surface area (TPSA) is 6.48 Å². The van der Waals surface area contributed by atoms with Crippen LogP contribution in [0.2, 0.25) is 5.02 Å². The molecule has 2 fully saturated rings. The van der Waals surface area contributed by atoms with Crippen LogP contribution in [0.5, 0.6) is 0 Å². The molecule has 0 amide bonds. The van der Waals surface area contributed by atoms with Gasteiger partial charge in [-0.1, -0.05) is 54.1 Å². The standard InChI is InChI=1S/C20H23ClN2.BrH/c21-19-8-4-5-9-20(19)23-12-10-22(11-13-23)15-17-14-18(17)16-6-2-1-3-7-16;/h1-9,17-18H,10-15H2;1H. The van der Waals surface area contributed by atoms with Gasteiger partial charge in [0.25, 0.3) is 0 Å². The summed E-state index contributed by atoms with van der Waals surface area (Å²) in [5.74, 6) is 1.64. The van der Waals surface area contributed by atoms with Crippen LogP contribution in [0.15, 0.2) is 54.6 Å². The van der Waals surface area contributed by atoms with Gasteiger partial charge in [-0.15, -0.1) is 17.0 Å². The Morgan fingerprint density at radius 2 is 1.54 bits per heavy atom. The maximum Gasteiger partial charge on any atom is 0.0639 e. The van der Waals surface area contributed by atoms with Gasteiger partial charge in [0, 0.05) is 32.7 Å². The van der Waals surface area contributed by atoms with E-state index < -0.39 is 0 Å². The van der Waals surface area contributed by atoms with E-state index in [-0.39, 0.29) is 17.0 Å². The van der Waals surface area contributed by atoms with E-state index in [9.17, 15) is 0 Å². The van der Waals surface area contributed by atoms with E-state index in [1.165, 1.54) is 24.2 Å². The highest BCUT2D eigenvalue weighted by molar-refractivity contribution is 8.93. The Morgan fingerprint density at radius 1 is 0.875 bits per heavy atom. The summed E-state index contributed by atoms with van der Waals surface area (Å²) in [6.45, 7) is 5.68. The predicted molar refractivity (Wildman–Crippen MR) is 108 cm³/mol. The molecule has 0 spiro atoms. The fourth-order valence-electron chi connectivity index (χ4n) is 3.77. The van der Waals surface area contributed by atoms with E-state index in [1.54, 1.807) is 0 Å². The van der Waals surface area contributed by atoms with Gasteiger partial charge in [-0.05, 0) is 36.0 Å². The van der Waals surface area contributed by atoms with Crippen molar-refractivity contribution in [3.63, 3.8) is 0 Å². The Morgan fingerprint density at radius 3 is 2.25 bits per heavy atom. The smallest absolute Gasteiger partial charge is 0.0639 e. The van der Waals surface area contributed by atoms with Crippen molar-refractivity contribution in [1.82, 2.24) is 4.90 Å². The molecule has 1 saturated heterocycles. The second-order valence-electron chi connectivity index (χ2n) is 6.75. The quantitative estimate of drug-likeness (QED) is 0.715. The molecule has 2 unspecified atom stereocenters. The van der Waals surface area contributed by atoms with Gasteiger partial charge in [0.05, 0.1) is 10.7 Å². The van der Waals surface area contributed by atoms with Crippen LogP contribution < -0.4 is 4.90 Å². The zero-order chi connectivity index (χ0) is 15.6. The zero-order valence-corrected chi connectivity index (χ0v) is 16.2. The first-order valence-electron chi connectivity index (χ1n) is 8.58. The van der Waals surface area contributed by atoms with Crippen molar-refractivity contribution >= 4 is 34.3 Å². The summed E-state index contributed by atoms with van der Waals surface area (Å²) < 4.78 is 0. The van der Waals surface area contributed by atoms with Gasteiger partial charge in [0.1, 0.15) is 0 Å². The van der Waals surface area contributed by atoms with Gasteiger partial charge in [-0.3, -0.25) is 4.90 Å². The molecule has 0 radical (unpaired) electrons. The SMILES string of the molecule is Br.Clc1ccccc1N1CCN(CC2CC2c2ccccc2)CC1. The van der Waals surface area contributed by atoms with Gasteiger partial charge in [-0.2, -0.15) is 0 Å². The van der Waals surface area contributed by atoms with E-state index >= 15 is 0 Å². The molecule has 2 aromatic carbocycles. The molecule has 2 aliphatic rings. The largest absolute Gasteiger partial charge is 0.368 e. The second kappa shape index (κ2) is 7.90. The normalized spacial score (nSPS) is 23.6. The summed E-state index contributed by atoms with van der Waals surface area (Å²) >= 11 is 6.32. The molecule has 128 valence electrons. The molecular weight excluding hydrogens is 384 g/mol. The van der Waals surface area contributed by atoms with Crippen LogP contribution in [0.4, 0.5) is 5.69 Å². The fourth-order valence-corrected chi connectivity index (χ4v) is 4.02. The van der Waals surface area contributed by atoms with Crippen molar-refractivity contribution < 1.29 is 0 Å². The average Bonchev–Trinajstić information content (AvgIpc) is 3.36. The van der Waals surface area contributed by atoms with Crippen molar-refractivity contribution in [3.8, 4) is 0 Å². The first-order valence-corrected chi connectivity index (χ1v) is 8.96. The Kier molecular flexibility index (Phi) is 5.85. The van der Waals surface area contributed by atoms with Gasteiger partial charge < -0.3 is 4.90 Å². The molecule has 2 nitrogen and oxygen atoms in total. The molecule has 24 heavy (non-hydrogen) atoms. The van der Waals surface area contributed by atoms with Crippen LogP contribution in [0.25, 0.3) is 0 Å². The minimum Gasteiger partial charge on any atom is -0.368 e. The number of hydrogen-bond donors (Lipinski definition) is 0. The average molecular weight is 408 g/mol. The number of halogens is 2. The highest BCUT2D eigenvalue weighted by Gasteiger charge is 2.39. The molecule has 1 heterocycles. The maximum absolute atomic E-state index is 6.32. The van der Waals surface area contributed by atoms with Crippen LogP contribution >= 0.6 is 28.6 Å². The number of nitrogens with zero attached hydrogens (tertiary/aromatic N) is 2. The molecule has 0 bridgehead atoms. The third-order valence-corrected chi connectivity index (χ3v) is 5.53. The van der Waals surface area contributed by atoms with Crippen molar-refractivity contribution in [1.29, 1.82) is 0 Å². The number of piperazine rings is 1. The monoisotopic (exact) mass is 406 g/mol. The number of para-hydroxylation sites is 1. The van der Waals surface area contributed by atoms with Crippen molar-refractivity contribution in [2.75, 3.05) is 37.6 Å². The van der Waals surface area contributed by atoms with Crippen LogP contribution in [0.3, 0.4) is 0 Å². The van der Waals surface area contributed by atoms with Crippen molar-refractivity contribution in [2.45, 2.75) is 12.3 Å². The Balaban J connectivity index is 0.00000169. The van der Waals surface area contributed by atoms with Crippen LogP contribution in [0, 0.1) is 5.92 Å². The summed E-state index contributed by atoms with van der Waals surface area (Å²) in [6, 6.07) is 19.2. The molecule has 2 atom stereocenters. The van der Waals surface area contributed by atoms with Gasteiger partial charge >= 0.3 is 0 Å². The minimum absolute atomic E-state index is 0. The van der Waals surface area contributed by atoms with Crippen molar-refractivity contribution in [3.05, 3.63) is 65.2 Å². The van der Waals surface area contributed by atoms with Gasteiger partial charge in [0.2, 0.25) is 0 Å². The first-order chi connectivity index (χ1) is 11.3. The molecule has 1 saturated carbocycles. The van der Waals surface area contributed by atoms with Crippen molar-refractivity contribution in [2.24, 2.45) is 5.92 Å². The minimum atomic E-state index is 0. The Hall–Kier alpha value is -1.03. The third-order valence-electron chi connectivity index (χ3n) is 5.21. The van der Waals surface area contributed by atoms with Crippen LogP contribution in [0.1, 0.15) is 17.9 Å². The van der Waals surface area contributed by atoms with E-state index in [4.69, 9.17) is 11.6 Å². The second-order valence-corrected chi connectivity index (χ2v) is 7.16. The molecule has 4 rings (SSSR count). The molecule has 0 aromatic heterocycles. The lowest BCUT2D eigenvalue weighted by atomic mass is 10.1. The van der Waals surface area contributed by atoms with E-state index in [0.717, 1.165) is 43.0 Å². The molecule has 2 aromatic rings.